The van der Waals surface area contributed by atoms with Crippen LogP contribution >= 0.6 is 11.6 Å². The van der Waals surface area contributed by atoms with E-state index in [-0.39, 0.29) is 29.0 Å². The molecule has 1 amide bonds. The van der Waals surface area contributed by atoms with Crippen LogP contribution in [0.25, 0.3) is 0 Å². The average Bonchev–Trinajstić information content (AvgIpc) is 3.55. The van der Waals surface area contributed by atoms with Crippen molar-refractivity contribution in [3.63, 3.8) is 0 Å². The van der Waals surface area contributed by atoms with E-state index in [1.807, 2.05) is 30.3 Å². The van der Waals surface area contributed by atoms with Crippen molar-refractivity contribution in [2.24, 2.45) is 11.7 Å². The monoisotopic (exact) mass is 542 g/mol. The molecule has 0 saturated carbocycles. The van der Waals surface area contributed by atoms with Gasteiger partial charge < -0.3 is 25.1 Å². The lowest BCUT2D eigenvalue weighted by atomic mass is 9.76. The van der Waals surface area contributed by atoms with Crippen LogP contribution in [-0.2, 0) is 28.1 Å². The van der Waals surface area contributed by atoms with E-state index in [2.05, 4.69) is 10.3 Å². The predicted molar refractivity (Wildman–Crippen MR) is 137 cm³/mol. The van der Waals surface area contributed by atoms with Crippen LogP contribution < -0.4 is 15.8 Å². The van der Waals surface area contributed by atoms with Gasteiger partial charge in [0.2, 0.25) is 5.91 Å². The van der Waals surface area contributed by atoms with Crippen molar-refractivity contribution >= 4 is 17.5 Å². The van der Waals surface area contributed by atoms with E-state index in [0.29, 0.717) is 37.5 Å². The van der Waals surface area contributed by atoms with E-state index in [1.165, 1.54) is 12.3 Å². The Morgan fingerprint density at radius 3 is 2.76 bits per heavy atom. The standard InChI is InChI=1S/C28H29ClF2N4O3/c29-24-20(30)12-21-18(22(24)23-19(26(32)36)14-35-9-8-33-27(35)25(23)31)13-28(38-21,16-4-2-1-3-5-16)15-34-17-6-10-37-11-7-17/h1-5,8-9,12,17,19,23,25,34H,6-7,10-11,13-15H2,(H2,32,36)/t19?,23?,25?,28-/m1/s1. The highest BCUT2D eigenvalue weighted by atomic mass is 35.5. The molecule has 0 aliphatic carbocycles. The number of carbonyl (C=O) groups is 1. The Bertz CT molecular complexity index is 1350. The van der Waals surface area contributed by atoms with E-state index in [4.69, 9.17) is 26.8 Å². The van der Waals surface area contributed by atoms with Gasteiger partial charge in [-0.1, -0.05) is 41.9 Å². The quantitative estimate of drug-likeness (QED) is 0.487. The maximum atomic E-state index is 16.1. The van der Waals surface area contributed by atoms with Crippen LogP contribution in [0.3, 0.4) is 0 Å². The van der Waals surface area contributed by atoms with Crippen LogP contribution in [-0.4, -0.2) is 41.3 Å². The second-order valence-corrected chi connectivity index (χ2v) is 10.7. The maximum absolute atomic E-state index is 16.1. The van der Waals surface area contributed by atoms with Crippen LogP contribution in [0.1, 0.15) is 47.4 Å². The molecule has 3 unspecified atom stereocenters. The lowest BCUT2D eigenvalue weighted by molar-refractivity contribution is -0.124. The summed E-state index contributed by atoms with van der Waals surface area (Å²) in [6, 6.07) is 11.2. The first-order valence-corrected chi connectivity index (χ1v) is 13.3. The van der Waals surface area contributed by atoms with E-state index in [0.717, 1.165) is 18.4 Å². The van der Waals surface area contributed by atoms with Crippen molar-refractivity contribution in [1.29, 1.82) is 0 Å². The summed E-state index contributed by atoms with van der Waals surface area (Å²) in [7, 11) is 0. The highest BCUT2D eigenvalue weighted by molar-refractivity contribution is 6.31. The molecular weight excluding hydrogens is 514 g/mol. The molecule has 10 heteroatoms. The Labute approximate surface area is 224 Å². The van der Waals surface area contributed by atoms with Gasteiger partial charge in [-0.2, -0.15) is 0 Å². The number of carbonyl (C=O) groups excluding carboxylic acids is 1. The minimum atomic E-state index is -1.70. The van der Waals surface area contributed by atoms with Crippen molar-refractivity contribution in [3.05, 3.63) is 82.1 Å². The molecule has 3 aliphatic rings. The second-order valence-electron chi connectivity index (χ2n) is 10.3. The van der Waals surface area contributed by atoms with Crippen LogP contribution in [0.4, 0.5) is 8.78 Å². The number of halogens is 3. The van der Waals surface area contributed by atoms with Crippen molar-refractivity contribution in [1.82, 2.24) is 14.9 Å². The molecular formula is C28H29ClF2N4O3. The van der Waals surface area contributed by atoms with Crippen LogP contribution in [0, 0.1) is 11.7 Å². The number of aromatic nitrogens is 2. The van der Waals surface area contributed by atoms with Gasteiger partial charge in [0.25, 0.3) is 0 Å². The third kappa shape index (κ3) is 4.26. The fraction of sp³-hybridized carbons (Fsp3) is 0.429. The molecule has 3 aliphatic heterocycles. The van der Waals surface area contributed by atoms with Crippen molar-refractivity contribution in [2.45, 2.75) is 49.5 Å². The number of hydrogen-bond acceptors (Lipinski definition) is 5. The first kappa shape index (κ1) is 25.3. The predicted octanol–water partition coefficient (Wildman–Crippen LogP) is 4.18. The number of ether oxygens (including phenoxy) is 2. The third-order valence-electron chi connectivity index (χ3n) is 8.13. The highest BCUT2D eigenvalue weighted by Gasteiger charge is 2.49. The largest absolute Gasteiger partial charge is 0.480 e. The minimum Gasteiger partial charge on any atom is -0.480 e. The molecule has 0 spiro atoms. The number of alkyl halides is 1. The van der Waals surface area contributed by atoms with Gasteiger partial charge in [0.05, 0.1) is 10.9 Å². The van der Waals surface area contributed by atoms with Crippen molar-refractivity contribution in [2.75, 3.05) is 19.8 Å². The van der Waals surface area contributed by atoms with Crippen LogP contribution in [0.5, 0.6) is 5.75 Å². The van der Waals surface area contributed by atoms with Gasteiger partial charge >= 0.3 is 0 Å². The summed E-state index contributed by atoms with van der Waals surface area (Å²) in [6.07, 6.45) is 3.46. The molecule has 3 aromatic rings. The number of amides is 1. The van der Waals surface area contributed by atoms with Gasteiger partial charge in [-0.05, 0) is 24.0 Å². The number of imidazole rings is 1. The molecule has 0 radical (unpaired) electrons. The van der Waals surface area contributed by atoms with Gasteiger partial charge in [-0.3, -0.25) is 4.79 Å². The van der Waals surface area contributed by atoms with Crippen LogP contribution in [0.2, 0.25) is 5.02 Å². The molecule has 4 atom stereocenters. The van der Waals surface area contributed by atoms with Gasteiger partial charge in [-0.25, -0.2) is 13.8 Å². The van der Waals surface area contributed by atoms with Gasteiger partial charge in [-0.15, -0.1) is 0 Å². The molecule has 38 heavy (non-hydrogen) atoms. The SMILES string of the molecule is NC(=O)C1Cn2ccnc2C(F)C1c1c(Cl)c(F)cc2c1C[C@@](CNC1CCOCC1)(c1ccccc1)O2. The molecule has 3 N–H and O–H groups in total. The third-order valence-corrected chi connectivity index (χ3v) is 8.51. The van der Waals surface area contributed by atoms with Gasteiger partial charge in [0.15, 0.2) is 11.8 Å². The Morgan fingerprint density at radius 1 is 1.26 bits per heavy atom. The van der Waals surface area contributed by atoms with Gasteiger partial charge in [0.1, 0.15) is 17.4 Å². The molecule has 0 bridgehead atoms. The zero-order chi connectivity index (χ0) is 26.4. The number of primary amides is 1. The summed E-state index contributed by atoms with van der Waals surface area (Å²) in [5, 5.41) is 3.40. The Kier molecular flexibility index (Phi) is 6.62. The topological polar surface area (TPSA) is 91.4 Å². The smallest absolute Gasteiger partial charge is 0.223 e. The summed E-state index contributed by atoms with van der Waals surface area (Å²) in [4.78, 5) is 16.7. The number of rotatable bonds is 6. The number of nitrogens with one attached hydrogen (secondary N) is 1. The fourth-order valence-electron chi connectivity index (χ4n) is 6.16. The highest BCUT2D eigenvalue weighted by Crippen LogP contribution is 2.53. The van der Waals surface area contributed by atoms with Crippen molar-refractivity contribution in [3.8, 4) is 5.75 Å². The van der Waals surface area contributed by atoms with E-state index >= 15 is 8.78 Å². The number of hydrogen-bond donors (Lipinski definition) is 2. The summed E-state index contributed by atoms with van der Waals surface area (Å²) in [6.45, 7) is 1.95. The molecule has 7 nitrogen and oxygen atoms in total. The molecule has 6 rings (SSSR count). The Balaban J connectivity index is 1.44. The zero-order valence-electron chi connectivity index (χ0n) is 20.7. The second kappa shape index (κ2) is 9.94. The molecule has 1 saturated heterocycles. The molecule has 4 heterocycles. The first-order chi connectivity index (χ1) is 18.4. The Morgan fingerprint density at radius 2 is 2.03 bits per heavy atom. The zero-order valence-corrected chi connectivity index (χ0v) is 21.5. The lowest BCUT2D eigenvalue weighted by Gasteiger charge is -2.35. The van der Waals surface area contributed by atoms with Crippen molar-refractivity contribution < 1.29 is 23.0 Å². The molecule has 200 valence electrons. The molecule has 2 aromatic carbocycles. The normalized spacial score (nSPS) is 27.0. The molecule has 1 aromatic heterocycles. The van der Waals surface area contributed by atoms with E-state index in [1.54, 1.807) is 10.8 Å². The lowest BCUT2D eigenvalue weighted by Crippen LogP contribution is -2.47. The number of fused-ring (bicyclic) bond motifs is 2. The van der Waals surface area contributed by atoms with Gasteiger partial charge in [0, 0.05) is 68.7 Å². The Hall–Kier alpha value is -3.01. The summed E-state index contributed by atoms with van der Waals surface area (Å²) < 4.78 is 45.1. The average molecular weight is 543 g/mol. The minimum absolute atomic E-state index is 0.132. The summed E-state index contributed by atoms with van der Waals surface area (Å²) in [5.74, 6) is -2.99. The van der Waals surface area contributed by atoms with E-state index < -0.39 is 35.3 Å². The summed E-state index contributed by atoms with van der Waals surface area (Å²) >= 11 is 6.58. The number of benzene rings is 2. The van der Waals surface area contributed by atoms with E-state index in [9.17, 15) is 4.79 Å². The van der Waals surface area contributed by atoms with Crippen LogP contribution in [0.15, 0.2) is 48.8 Å². The summed E-state index contributed by atoms with van der Waals surface area (Å²) in [5.41, 5.74) is 6.61. The fourth-order valence-corrected chi connectivity index (χ4v) is 6.45. The molecule has 1 fully saturated rings. The maximum Gasteiger partial charge on any atom is 0.223 e. The first-order valence-electron chi connectivity index (χ1n) is 12.9. The number of nitrogens with zero attached hydrogens (tertiary/aromatic N) is 2. The number of nitrogens with two attached hydrogens (primary N) is 1.